The van der Waals surface area contributed by atoms with Crippen molar-refractivity contribution in [3.05, 3.63) is 30.1 Å². The summed E-state index contributed by atoms with van der Waals surface area (Å²) in [6.45, 7) is 2.47. The molecule has 2 aromatic rings. The van der Waals surface area contributed by atoms with Gasteiger partial charge in [-0.25, -0.2) is 9.97 Å². The number of rotatable bonds is 3. The molecule has 4 rings (SSSR count). The van der Waals surface area contributed by atoms with E-state index in [1.165, 1.54) is 0 Å². The predicted molar refractivity (Wildman–Crippen MR) is 87.7 cm³/mol. The van der Waals surface area contributed by atoms with Crippen molar-refractivity contribution in [2.24, 2.45) is 0 Å². The van der Waals surface area contributed by atoms with Crippen molar-refractivity contribution >= 4 is 11.9 Å². The second kappa shape index (κ2) is 6.54. The lowest BCUT2D eigenvalue weighted by Crippen LogP contribution is -2.48. The lowest BCUT2D eigenvalue weighted by Gasteiger charge is -2.33. The average molecular weight is 327 g/mol. The van der Waals surface area contributed by atoms with Crippen molar-refractivity contribution in [2.75, 3.05) is 18.0 Å². The highest BCUT2D eigenvalue weighted by Crippen LogP contribution is 2.17. The Balaban J connectivity index is 1.43. The van der Waals surface area contributed by atoms with E-state index in [1.807, 2.05) is 4.57 Å². The van der Waals surface area contributed by atoms with E-state index < -0.39 is 0 Å². The van der Waals surface area contributed by atoms with Gasteiger partial charge in [-0.1, -0.05) is 0 Å². The summed E-state index contributed by atoms with van der Waals surface area (Å²) >= 11 is 0. The van der Waals surface area contributed by atoms with Gasteiger partial charge in [-0.05, 0) is 31.7 Å². The van der Waals surface area contributed by atoms with Gasteiger partial charge in [-0.15, -0.1) is 10.2 Å². The Labute approximate surface area is 140 Å². The normalized spacial score (nSPS) is 20.5. The molecule has 0 radical (unpaired) electrons. The van der Waals surface area contributed by atoms with Crippen LogP contribution in [0.2, 0.25) is 0 Å². The molecule has 0 saturated carbocycles. The van der Waals surface area contributed by atoms with Gasteiger partial charge in [0.15, 0.2) is 0 Å². The fourth-order valence-electron chi connectivity index (χ4n) is 3.46. The Morgan fingerprint density at radius 2 is 2.00 bits per heavy atom. The number of nitrogens with one attached hydrogen (secondary N) is 1. The van der Waals surface area contributed by atoms with E-state index in [1.54, 1.807) is 18.5 Å². The molecule has 2 aromatic heterocycles. The second-order valence-corrected chi connectivity index (χ2v) is 6.36. The van der Waals surface area contributed by atoms with Crippen LogP contribution in [0.3, 0.4) is 0 Å². The van der Waals surface area contributed by atoms with Gasteiger partial charge in [0.1, 0.15) is 5.82 Å². The van der Waals surface area contributed by atoms with Gasteiger partial charge in [0.2, 0.25) is 11.8 Å². The number of hydrogen-bond donors (Lipinski definition) is 1. The Morgan fingerprint density at radius 1 is 1.12 bits per heavy atom. The third-order valence-corrected chi connectivity index (χ3v) is 4.65. The zero-order chi connectivity index (χ0) is 16.4. The molecule has 8 nitrogen and oxygen atoms in total. The first-order chi connectivity index (χ1) is 11.8. The lowest BCUT2D eigenvalue weighted by atomic mass is 10.1. The fraction of sp³-hybridized carbons (Fsp3) is 0.562. The standard InChI is InChI=1S/C16H21N7O/c24-15(14-21-20-13-6-1-2-10-23(13)14)19-12-5-3-9-22(11-12)16-17-7-4-8-18-16/h4,7-8,12H,1-3,5-6,9-11H2,(H,19,24)/t12-/m0/s1. The Hall–Kier alpha value is -2.51. The van der Waals surface area contributed by atoms with Crippen LogP contribution in [0.1, 0.15) is 42.1 Å². The number of hydrogen-bond acceptors (Lipinski definition) is 6. The van der Waals surface area contributed by atoms with E-state index >= 15 is 0 Å². The predicted octanol–water partition coefficient (Wildman–Crippen LogP) is 0.803. The first kappa shape index (κ1) is 15.0. The van der Waals surface area contributed by atoms with Gasteiger partial charge in [0.25, 0.3) is 5.91 Å². The van der Waals surface area contributed by atoms with E-state index in [4.69, 9.17) is 0 Å². The molecule has 0 bridgehead atoms. The number of amides is 1. The summed E-state index contributed by atoms with van der Waals surface area (Å²) in [5.74, 6) is 1.96. The van der Waals surface area contributed by atoms with E-state index in [9.17, 15) is 4.79 Å². The highest BCUT2D eigenvalue weighted by Gasteiger charge is 2.26. The van der Waals surface area contributed by atoms with Crippen LogP contribution in [0.4, 0.5) is 5.95 Å². The molecule has 0 unspecified atom stereocenters. The average Bonchev–Trinajstić information content (AvgIpc) is 3.07. The highest BCUT2D eigenvalue weighted by molar-refractivity contribution is 5.91. The minimum atomic E-state index is -0.128. The summed E-state index contributed by atoms with van der Waals surface area (Å²) in [4.78, 5) is 23.3. The number of nitrogens with zero attached hydrogens (tertiary/aromatic N) is 6. The van der Waals surface area contributed by atoms with Crippen molar-refractivity contribution in [1.29, 1.82) is 0 Å². The molecule has 8 heteroatoms. The van der Waals surface area contributed by atoms with Gasteiger partial charge in [0, 0.05) is 44.5 Å². The van der Waals surface area contributed by atoms with Crippen molar-refractivity contribution in [2.45, 2.75) is 44.7 Å². The molecule has 1 amide bonds. The number of carbonyl (C=O) groups is 1. The molecule has 1 atom stereocenters. The van der Waals surface area contributed by atoms with Gasteiger partial charge in [-0.2, -0.15) is 0 Å². The molecule has 4 heterocycles. The van der Waals surface area contributed by atoms with Crippen molar-refractivity contribution < 1.29 is 4.79 Å². The first-order valence-electron chi connectivity index (χ1n) is 8.56. The Bertz CT molecular complexity index is 714. The van der Waals surface area contributed by atoms with E-state index in [0.717, 1.165) is 63.5 Å². The SMILES string of the molecule is O=C(N[C@H]1CCCN(c2ncccn2)C1)c1nnc2n1CCCC2. The van der Waals surface area contributed by atoms with Crippen molar-refractivity contribution in [3.8, 4) is 0 Å². The smallest absolute Gasteiger partial charge is 0.289 e. The van der Waals surface area contributed by atoms with Crippen LogP contribution in [-0.2, 0) is 13.0 Å². The first-order valence-corrected chi connectivity index (χ1v) is 8.56. The molecule has 2 aliphatic heterocycles. The molecule has 24 heavy (non-hydrogen) atoms. The van der Waals surface area contributed by atoms with Crippen molar-refractivity contribution in [3.63, 3.8) is 0 Å². The minimum absolute atomic E-state index is 0.0756. The van der Waals surface area contributed by atoms with Gasteiger partial charge < -0.3 is 14.8 Å². The minimum Gasteiger partial charge on any atom is -0.345 e. The molecule has 1 N–H and O–H groups in total. The molecule has 126 valence electrons. The summed E-state index contributed by atoms with van der Waals surface area (Å²) in [6.07, 6.45) is 8.54. The van der Waals surface area contributed by atoms with Crippen LogP contribution < -0.4 is 10.2 Å². The van der Waals surface area contributed by atoms with Crippen LogP contribution in [-0.4, -0.2) is 49.8 Å². The van der Waals surface area contributed by atoms with Crippen molar-refractivity contribution in [1.82, 2.24) is 30.0 Å². The Kier molecular flexibility index (Phi) is 4.10. The van der Waals surface area contributed by atoms with Gasteiger partial charge in [0.05, 0.1) is 0 Å². The zero-order valence-electron chi connectivity index (χ0n) is 13.6. The summed E-state index contributed by atoms with van der Waals surface area (Å²) < 4.78 is 1.96. The van der Waals surface area contributed by atoms with E-state index in [-0.39, 0.29) is 11.9 Å². The molecule has 0 aromatic carbocycles. The number of fused-ring (bicyclic) bond motifs is 1. The van der Waals surface area contributed by atoms with Crippen LogP contribution in [0.5, 0.6) is 0 Å². The van der Waals surface area contributed by atoms with Crippen LogP contribution in [0.25, 0.3) is 0 Å². The molecule has 1 fully saturated rings. The monoisotopic (exact) mass is 327 g/mol. The third-order valence-electron chi connectivity index (χ3n) is 4.65. The maximum atomic E-state index is 12.6. The quantitative estimate of drug-likeness (QED) is 0.897. The van der Waals surface area contributed by atoms with Gasteiger partial charge >= 0.3 is 0 Å². The van der Waals surface area contributed by atoms with Crippen LogP contribution in [0.15, 0.2) is 18.5 Å². The fourth-order valence-corrected chi connectivity index (χ4v) is 3.46. The van der Waals surface area contributed by atoms with E-state index in [0.29, 0.717) is 5.82 Å². The number of piperidine rings is 1. The summed E-state index contributed by atoms with van der Waals surface area (Å²) in [5, 5.41) is 11.4. The molecular formula is C16H21N7O. The second-order valence-electron chi connectivity index (χ2n) is 6.36. The number of aryl methyl sites for hydroxylation is 1. The third kappa shape index (κ3) is 2.95. The summed E-state index contributed by atoms with van der Waals surface area (Å²) in [7, 11) is 0. The molecular weight excluding hydrogens is 306 g/mol. The van der Waals surface area contributed by atoms with Gasteiger partial charge in [-0.3, -0.25) is 4.79 Å². The Morgan fingerprint density at radius 3 is 2.88 bits per heavy atom. The maximum Gasteiger partial charge on any atom is 0.289 e. The zero-order valence-corrected chi connectivity index (χ0v) is 13.6. The van der Waals surface area contributed by atoms with E-state index in [2.05, 4.69) is 30.4 Å². The largest absolute Gasteiger partial charge is 0.345 e. The lowest BCUT2D eigenvalue weighted by molar-refractivity contribution is 0.0916. The highest BCUT2D eigenvalue weighted by atomic mass is 16.2. The molecule has 0 spiro atoms. The van der Waals surface area contributed by atoms with Crippen LogP contribution >= 0.6 is 0 Å². The summed E-state index contributed by atoms with van der Waals surface area (Å²) in [6, 6.07) is 1.88. The number of anilines is 1. The molecule has 1 saturated heterocycles. The number of aromatic nitrogens is 5. The molecule has 2 aliphatic rings. The number of carbonyl (C=O) groups excluding carboxylic acids is 1. The maximum absolute atomic E-state index is 12.6. The topological polar surface area (TPSA) is 88.8 Å². The summed E-state index contributed by atoms with van der Waals surface area (Å²) in [5.41, 5.74) is 0. The van der Waals surface area contributed by atoms with Crippen LogP contribution in [0, 0.1) is 0 Å². The molecule has 0 aliphatic carbocycles.